The molecule has 0 atom stereocenters. The van der Waals surface area contributed by atoms with Crippen LogP contribution in [0.5, 0.6) is 0 Å². The second kappa shape index (κ2) is 5.40. The van der Waals surface area contributed by atoms with E-state index >= 15 is 0 Å². The fourth-order valence-electron chi connectivity index (χ4n) is 1.77. The molecule has 0 fully saturated rings. The SMILES string of the molecule is C=C(Br)CNS(=O)(=O)c1ccc(C)c2ncccc12. The Hall–Kier alpha value is -1.24. The van der Waals surface area contributed by atoms with Gasteiger partial charge in [-0.15, -0.1) is 0 Å². The predicted octanol–water partition coefficient (Wildman–Crippen LogP) is 2.73. The maximum absolute atomic E-state index is 12.3. The molecule has 0 aliphatic heterocycles. The number of pyridine rings is 1. The van der Waals surface area contributed by atoms with Gasteiger partial charge in [-0.3, -0.25) is 4.98 Å². The Bertz CT molecular complexity index is 741. The Labute approximate surface area is 120 Å². The molecule has 1 N–H and O–H groups in total. The van der Waals surface area contributed by atoms with Crippen molar-refractivity contribution in [2.75, 3.05) is 6.54 Å². The van der Waals surface area contributed by atoms with Gasteiger partial charge in [-0.05, 0) is 30.7 Å². The van der Waals surface area contributed by atoms with Gasteiger partial charge < -0.3 is 0 Å². The monoisotopic (exact) mass is 340 g/mol. The number of sulfonamides is 1. The van der Waals surface area contributed by atoms with Gasteiger partial charge >= 0.3 is 0 Å². The predicted molar refractivity (Wildman–Crippen MR) is 79.7 cm³/mol. The van der Waals surface area contributed by atoms with Crippen molar-refractivity contribution in [3.8, 4) is 0 Å². The van der Waals surface area contributed by atoms with Gasteiger partial charge in [0, 0.05) is 22.6 Å². The van der Waals surface area contributed by atoms with Gasteiger partial charge in [-0.25, -0.2) is 13.1 Å². The lowest BCUT2D eigenvalue weighted by atomic mass is 10.1. The molecule has 0 aliphatic carbocycles. The molecule has 1 heterocycles. The number of hydrogen-bond donors (Lipinski definition) is 1. The molecule has 100 valence electrons. The summed E-state index contributed by atoms with van der Waals surface area (Å²) >= 11 is 3.13. The van der Waals surface area contributed by atoms with E-state index in [4.69, 9.17) is 0 Å². The summed E-state index contributed by atoms with van der Waals surface area (Å²) in [6, 6.07) is 6.84. The third-order valence-electron chi connectivity index (χ3n) is 2.67. The van der Waals surface area contributed by atoms with Crippen LogP contribution in [0.25, 0.3) is 10.9 Å². The molecule has 0 unspecified atom stereocenters. The minimum atomic E-state index is -3.58. The summed E-state index contributed by atoms with van der Waals surface area (Å²) in [6.45, 7) is 5.66. The largest absolute Gasteiger partial charge is 0.256 e. The Morgan fingerprint density at radius 3 is 2.84 bits per heavy atom. The first-order valence-corrected chi connectivity index (χ1v) is 7.87. The number of nitrogens with zero attached hydrogens (tertiary/aromatic N) is 1. The Morgan fingerprint density at radius 1 is 1.42 bits per heavy atom. The maximum Gasteiger partial charge on any atom is 0.241 e. The molecule has 2 rings (SSSR count). The second-order valence-corrected chi connectivity index (χ2v) is 6.98. The molecule has 0 saturated heterocycles. The van der Waals surface area contributed by atoms with E-state index in [1.165, 1.54) is 0 Å². The Morgan fingerprint density at radius 2 is 2.16 bits per heavy atom. The average Bonchev–Trinajstić information content (AvgIpc) is 2.37. The third-order valence-corrected chi connectivity index (χ3v) is 4.41. The van der Waals surface area contributed by atoms with Crippen LogP contribution in [0, 0.1) is 6.92 Å². The highest BCUT2D eigenvalue weighted by molar-refractivity contribution is 9.11. The number of hydrogen-bond acceptors (Lipinski definition) is 3. The van der Waals surface area contributed by atoms with Crippen LogP contribution in [0.2, 0.25) is 0 Å². The molecule has 0 amide bonds. The lowest BCUT2D eigenvalue weighted by molar-refractivity contribution is 0.586. The van der Waals surface area contributed by atoms with Crippen molar-refractivity contribution < 1.29 is 8.42 Å². The Balaban J connectivity index is 2.57. The van der Waals surface area contributed by atoms with Crippen molar-refractivity contribution in [2.45, 2.75) is 11.8 Å². The van der Waals surface area contributed by atoms with Crippen molar-refractivity contribution in [3.05, 3.63) is 47.1 Å². The van der Waals surface area contributed by atoms with Gasteiger partial charge in [0.25, 0.3) is 0 Å². The molecule has 19 heavy (non-hydrogen) atoms. The summed E-state index contributed by atoms with van der Waals surface area (Å²) < 4.78 is 27.6. The average molecular weight is 341 g/mol. The highest BCUT2D eigenvalue weighted by Gasteiger charge is 2.18. The summed E-state index contributed by atoms with van der Waals surface area (Å²) in [5.41, 5.74) is 1.64. The zero-order chi connectivity index (χ0) is 14.0. The molecular formula is C13H13BrN2O2S. The number of aryl methyl sites for hydroxylation is 1. The highest BCUT2D eigenvalue weighted by Crippen LogP contribution is 2.24. The number of nitrogens with one attached hydrogen (secondary N) is 1. The summed E-state index contributed by atoms with van der Waals surface area (Å²) in [6.07, 6.45) is 1.65. The summed E-state index contributed by atoms with van der Waals surface area (Å²) in [5.74, 6) is 0. The number of rotatable bonds is 4. The van der Waals surface area contributed by atoms with Crippen LogP contribution < -0.4 is 4.72 Å². The van der Waals surface area contributed by atoms with Gasteiger partial charge in [0.2, 0.25) is 10.0 Å². The molecule has 0 aliphatic rings. The van der Waals surface area contributed by atoms with E-state index in [0.717, 1.165) is 5.56 Å². The molecule has 1 aromatic heterocycles. The minimum Gasteiger partial charge on any atom is -0.256 e. The van der Waals surface area contributed by atoms with Crippen LogP contribution in [-0.2, 0) is 10.0 Å². The fraction of sp³-hybridized carbons (Fsp3) is 0.154. The molecule has 0 saturated carbocycles. The van der Waals surface area contributed by atoms with E-state index in [-0.39, 0.29) is 11.4 Å². The molecule has 0 bridgehead atoms. The first-order valence-electron chi connectivity index (χ1n) is 5.59. The van der Waals surface area contributed by atoms with Gasteiger partial charge in [0.15, 0.2) is 0 Å². The molecule has 0 spiro atoms. The lowest BCUT2D eigenvalue weighted by Crippen LogP contribution is -2.25. The van der Waals surface area contributed by atoms with Crippen molar-refractivity contribution in [2.24, 2.45) is 0 Å². The molecular weight excluding hydrogens is 328 g/mol. The van der Waals surface area contributed by atoms with Gasteiger partial charge in [0.1, 0.15) is 0 Å². The van der Waals surface area contributed by atoms with Crippen molar-refractivity contribution in [1.82, 2.24) is 9.71 Å². The van der Waals surface area contributed by atoms with Crippen LogP contribution >= 0.6 is 15.9 Å². The van der Waals surface area contributed by atoms with Crippen LogP contribution in [-0.4, -0.2) is 19.9 Å². The van der Waals surface area contributed by atoms with E-state index in [1.54, 1.807) is 30.5 Å². The van der Waals surface area contributed by atoms with Gasteiger partial charge in [-0.1, -0.05) is 28.6 Å². The van der Waals surface area contributed by atoms with E-state index in [9.17, 15) is 8.42 Å². The highest BCUT2D eigenvalue weighted by atomic mass is 79.9. The number of fused-ring (bicyclic) bond motifs is 1. The first-order chi connectivity index (χ1) is 8.92. The Kier molecular flexibility index (Phi) is 4.03. The van der Waals surface area contributed by atoms with Crippen LogP contribution in [0.4, 0.5) is 0 Å². The van der Waals surface area contributed by atoms with E-state index in [1.807, 2.05) is 6.92 Å². The zero-order valence-electron chi connectivity index (χ0n) is 10.4. The molecule has 4 nitrogen and oxygen atoms in total. The number of aromatic nitrogens is 1. The van der Waals surface area contributed by atoms with E-state index < -0.39 is 10.0 Å². The lowest BCUT2D eigenvalue weighted by Gasteiger charge is -2.10. The normalized spacial score (nSPS) is 11.7. The summed E-state index contributed by atoms with van der Waals surface area (Å²) in [7, 11) is -3.58. The summed E-state index contributed by atoms with van der Waals surface area (Å²) in [4.78, 5) is 4.46. The second-order valence-electron chi connectivity index (χ2n) is 4.12. The fourth-order valence-corrected chi connectivity index (χ4v) is 3.32. The summed E-state index contributed by atoms with van der Waals surface area (Å²) in [5, 5.41) is 0.621. The van der Waals surface area contributed by atoms with Crippen LogP contribution in [0.15, 0.2) is 46.4 Å². The van der Waals surface area contributed by atoms with Gasteiger partial charge in [0.05, 0.1) is 10.4 Å². The van der Waals surface area contributed by atoms with Crippen LogP contribution in [0.3, 0.4) is 0 Å². The third kappa shape index (κ3) is 3.02. The molecule has 0 radical (unpaired) electrons. The van der Waals surface area contributed by atoms with Crippen LogP contribution in [0.1, 0.15) is 5.56 Å². The minimum absolute atomic E-state index is 0.151. The molecule has 2 aromatic rings. The smallest absolute Gasteiger partial charge is 0.241 e. The van der Waals surface area contributed by atoms with E-state index in [0.29, 0.717) is 15.4 Å². The van der Waals surface area contributed by atoms with Crippen molar-refractivity contribution in [1.29, 1.82) is 0 Å². The first kappa shape index (κ1) is 14.2. The zero-order valence-corrected chi connectivity index (χ0v) is 12.8. The van der Waals surface area contributed by atoms with E-state index in [2.05, 4.69) is 32.2 Å². The standard InChI is InChI=1S/C13H13BrN2O2S/c1-9-5-6-12(11-4-3-7-15-13(9)11)19(17,18)16-8-10(2)14/h3-7,16H,2,8H2,1H3. The molecule has 1 aromatic carbocycles. The number of benzene rings is 1. The number of halogens is 1. The van der Waals surface area contributed by atoms with Crippen molar-refractivity contribution >= 4 is 36.9 Å². The topological polar surface area (TPSA) is 59.1 Å². The maximum atomic E-state index is 12.3. The van der Waals surface area contributed by atoms with Gasteiger partial charge in [-0.2, -0.15) is 0 Å². The molecule has 6 heteroatoms. The van der Waals surface area contributed by atoms with Crippen molar-refractivity contribution in [3.63, 3.8) is 0 Å². The quantitative estimate of drug-likeness (QED) is 0.930.